The van der Waals surface area contributed by atoms with Crippen LogP contribution in [0.5, 0.6) is 0 Å². The molecule has 3 aromatic rings. The fraction of sp³-hybridized carbons (Fsp3) is 0.0625. The maximum absolute atomic E-state index is 12.4. The SMILES string of the molecule is Cc1nc2sc(C#N)c(N)c2cc1C(=O)Nc1ccccc1. The number of hydrogen-bond donors (Lipinski definition) is 2. The van der Waals surface area contributed by atoms with Crippen molar-refractivity contribution in [1.29, 1.82) is 5.26 Å². The van der Waals surface area contributed by atoms with Crippen LogP contribution in [0.15, 0.2) is 36.4 Å². The van der Waals surface area contributed by atoms with Gasteiger partial charge in [-0.1, -0.05) is 18.2 Å². The lowest BCUT2D eigenvalue weighted by atomic mass is 10.1. The number of thiophene rings is 1. The van der Waals surface area contributed by atoms with E-state index in [9.17, 15) is 4.79 Å². The number of nitrogens with one attached hydrogen (secondary N) is 1. The second-order valence-corrected chi connectivity index (χ2v) is 5.75. The number of amides is 1. The Kier molecular flexibility index (Phi) is 3.49. The van der Waals surface area contributed by atoms with Gasteiger partial charge in [0.2, 0.25) is 0 Å². The van der Waals surface area contributed by atoms with Gasteiger partial charge < -0.3 is 11.1 Å². The lowest BCUT2D eigenvalue weighted by Gasteiger charge is -2.07. The standard InChI is InChI=1S/C16H12N4OS/c1-9-11(15(21)20-10-5-3-2-4-6-10)7-12-14(18)13(8-17)22-16(12)19-9/h2-7H,18H2,1H3,(H,20,21). The molecule has 2 heterocycles. The van der Waals surface area contributed by atoms with Gasteiger partial charge in [0.15, 0.2) is 0 Å². The van der Waals surface area contributed by atoms with Gasteiger partial charge in [0, 0.05) is 11.1 Å². The van der Waals surface area contributed by atoms with E-state index in [2.05, 4.69) is 10.3 Å². The van der Waals surface area contributed by atoms with E-state index >= 15 is 0 Å². The third-order valence-electron chi connectivity index (χ3n) is 3.29. The molecule has 0 unspecified atom stereocenters. The van der Waals surface area contributed by atoms with Crippen molar-refractivity contribution in [2.45, 2.75) is 6.92 Å². The lowest BCUT2D eigenvalue weighted by Crippen LogP contribution is -2.14. The van der Waals surface area contributed by atoms with Crippen LogP contribution in [-0.2, 0) is 0 Å². The summed E-state index contributed by atoms with van der Waals surface area (Å²) in [5.74, 6) is -0.248. The molecule has 0 spiro atoms. The van der Waals surface area contributed by atoms with Crippen molar-refractivity contribution in [3.63, 3.8) is 0 Å². The van der Waals surface area contributed by atoms with Crippen molar-refractivity contribution in [2.75, 3.05) is 11.1 Å². The van der Waals surface area contributed by atoms with E-state index in [0.717, 1.165) is 0 Å². The number of nitriles is 1. The second kappa shape index (κ2) is 5.47. The molecule has 3 N–H and O–H groups in total. The number of pyridine rings is 1. The van der Waals surface area contributed by atoms with Crippen molar-refractivity contribution >= 4 is 38.8 Å². The number of hydrogen-bond acceptors (Lipinski definition) is 5. The zero-order valence-corrected chi connectivity index (χ0v) is 12.6. The fourth-order valence-electron chi connectivity index (χ4n) is 2.16. The van der Waals surface area contributed by atoms with Crippen LogP contribution in [0.3, 0.4) is 0 Å². The Hall–Kier alpha value is -2.91. The molecule has 22 heavy (non-hydrogen) atoms. The first kappa shape index (κ1) is 14.0. The van der Waals surface area contributed by atoms with Gasteiger partial charge in [0.25, 0.3) is 5.91 Å². The van der Waals surface area contributed by atoms with Crippen molar-refractivity contribution in [3.8, 4) is 6.07 Å². The van der Waals surface area contributed by atoms with Gasteiger partial charge in [-0.15, -0.1) is 11.3 Å². The number of anilines is 2. The van der Waals surface area contributed by atoms with E-state index in [1.54, 1.807) is 13.0 Å². The molecule has 0 radical (unpaired) electrons. The minimum atomic E-state index is -0.248. The van der Waals surface area contributed by atoms with Crippen LogP contribution in [0.25, 0.3) is 10.2 Å². The predicted molar refractivity (Wildman–Crippen MR) is 87.9 cm³/mol. The fourth-order valence-corrected chi connectivity index (χ4v) is 3.08. The highest BCUT2D eigenvalue weighted by Crippen LogP contribution is 2.33. The van der Waals surface area contributed by atoms with Crippen molar-refractivity contribution in [3.05, 3.63) is 52.5 Å². The first-order chi connectivity index (χ1) is 10.6. The van der Waals surface area contributed by atoms with Crippen LogP contribution in [-0.4, -0.2) is 10.9 Å². The highest BCUT2D eigenvalue weighted by molar-refractivity contribution is 7.19. The Balaban J connectivity index is 2.03. The Morgan fingerprint density at radius 1 is 1.36 bits per heavy atom. The van der Waals surface area contributed by atoms with E-state index in [4.69, 9.17) is 11.0 Å². The van der Waals surface area contributed by atoms with Crippen molar-refractivity contribution in [1.82, 2.24) is 4.98 Å². The molecule has 3 rings (SSSR count). The summed E-state index contributed by atoms with van der Waals surface area (Å²) < 4.78 is 0. The number of benzene rings is 1. The van der Waals surface area contributed by atoms with E-state index in [-0.39, 0.29) is 5.91 Å². The molecule has 0 saturated heterocycles. The summed E-state index contributed by atoms with van der Waals surface area (Å²) in [7, 11) is 0. The van der Waals surface area contributed by atoms with E-state index in [1.165, 1.54) is 11.3 Å². The van der Waals surface area contributed by atoms with Crippen LogP contribution >= 0.6 is 11.3 Å². The number of nitrogens with zero attached hydrogens (tertiary/aromatic N) is 2. The van der Waals surface area contributed by atoms with E-state index < -0.39 is 0 Å². The number of carbonyl (C=O) groups is 1. The topological polar surface area (TPSA) is 91.8 Å². The molecule has 0 aliphatic heterocycles. The third kappa shape index (κ3) is 2.38. The monoisotopic (exact) mass is 308 g/mol. The molecule has 5 nitrogen and oxygen atoms in total. The number of nitrogens with two attached hydrogens (primary N) is 1. The normalized spacial score (nSPS) is 10.4. The van der Waals surface area contributed by atoms with Crippen LogP contribution in [0.4, 0.5) is 11.4 Å². The average molecular weight is 308 g/mol. The first-order valence-corrected chi connectivity index (χ1v) is 7.38. The van der Waals surface area contributed by atoms with Crippen molar-refractivity contribution in [2.24, 2.45) is 0 Å². The molecule has 0 saturated carbocycles. The maximum atomic E-state index is 12.4. The maximum Gasteiger partial charge on any atom is 0.257 e. The minimum absolute atomic E-state index is 0.248. The largest absolute Gasteiger partial charge is 0.396 e. The molecule has 0 fully saturated rings. The Morgan fingerprint density at radius 3 is 2.77 bits per heavy atom. The third-order valence-corrected chi connectivity index (χ3v) is 4.31. The molecule has 0 aliphatic rings. The number of nitrogen functional groups attached to an aromatic ring is 1. The summed E-state index contributed by atoms with van der Waals surface area (Å²) in [5, 5.41) is 12.5. The number of aryl methyl sites for hydroxylation is 1. The number of rotatable bonds is 2. The second-order valence-electron chi connectivity index (χ2n) is 4.75. The summed E-state index contributed by atoms with van der Waals surface area (Å²) in [4.78, 5) is 17.9. The molecule has 1 aromatic carbocycles. The molecule has 1 amide bonds. The Labute approximate surface area is 131 Å². The van der Waals surface area contributed by atoms with Crippen molar-refractivity contribution < 1.29 is 4.79 Å². The summed E-state index contributed by atoms with van der Waals surface area (Å²) in [6.45, 7) is 1.77. The molecule has 0 atom stereocenters. The van der Waals surface area contributed by atoms with Crippen LogP contribution in [0.2, 0.25) is 0 Å². The highest BCUT2D eigenvalue weighted by atomic mass is 32.1. The predicted octanol–water partition coefficient (Wildman–Crippen LogP) is 3.31. The molecule has 108 valence electrons. The van der Waals surface area contributed by atoms with Crippen LogP contribution in [0.1, 0.15) is 20.9 Å². The van der Waals surface area contributed by atoms with Gasteiger partial charge in [-0.3, -0.25) is 4.79 Å². The smallest absolute Gasteiger partial charge is 0.257 e. The molecule has 2 aromatic heterocycles. The van der Waals surface area contributed by atoms with Gasteiger partial charge in [-0.25, -0.2) is 4.98 Å². The number of fused-ring (bicyclic) bond motifs is 1. The Bertz CT molecular complexity index is 909. The van der Waals surface area contributed by atoms with Crippen LogP contribution < -0.4 is 11.1 Å². The quantitative estimate of drug-likeness (QED) is 0.759. The van der Waals surface area contributed by atoms with Gasteiger partial charge >= 0.3 is 0 Å². The molecule has 0 bridgehead atoms. The van der Waals surface area contributed by atoms with E-state index in [0.29, 0.717) is 37.7 Å². The summed E-state index contributed by atoms with van der Waals surface area (Å²) in [6, 6.07) is 12.9. The number of aromatic nitrogens is 1. The molecule has 6 heteroatoms. The molecular formula is C16H12N4OS. The van der Waals surface area contributed by atoms with Gasteiger partial charge in [0.1, 0.15) is 15.8 Å². The average Bonchev–Trinajstić information content (AvgIpc) is 2.83. The lowest BCUT2D eigenvalue weighted by molar-refractivity contribution is 0.102. The minimum Gasteiger partial charge on any atom is -0.396 e. The van der Waals surface area contributed by atoms with Gasteiger partial charge in [-0.2, -0.15) is 5.26 Å². The summed E-state index contributed by atoms with van der Waals surface area (Å²) >= 11 is 1.23. The zero-order valence-electron chi connectivity index (χ0n) is 11.8. The molecular weight excluding hydrogens is 296 g/mol. The zero-order chi connectivity index (χ0) is 15.7. The molecule has 0 aliphatic carbocycles. The first-order valence-electron chi connectivity index (χ1n) is 6.56. The number of para-hydroxylation sites is 1. The summed E-state index contributed by atoms with van der Waals surface area (Å²) in [5.41, 5.74) is 8.08. The Morgan fingerprint density at radius 2 is 2.09 bits per heavy atom. The highest BCUT2D eigenvalue weighted by Gasteiger charge is 2.16. The summed E-state index contributed by atoms with van der Waals surface area (Å²) in [6.07, 6.45) is 0. The number of carbonyl (C=O) groups excluding carboxylic acids is 1. The van der Waals surface area contributed by atoms with Crippen LogP contribution in [0, 0.1) is 18.3 Å². The van der Waals surface area contributed by atoms with Gasteiger partial charge in [-0.05, 0) is 25.1 Å². The van der Waals surface area contributed by atoms with E-state index in [1.807, 2.05) is 36.4 Å². The van der Waals surface area contributed by atoms with Gasteiger partial charge in [0.05, 0.1) is 16.9 Å².